The molecule has 1 aromatic rings. The van der Waals surface area contributed by atoms with Gasteiger partial charge in [-0.3, -0.25) is 9.59 Å². The molecule has 1 atom stereocenters. The van der Waals surface area contributed by atoms with Gasteiger partial charge in [0.15, 0.2) is 0 Å². The SMILES string of the molecule is Cc1ccccc1CN(C)C(=O)C(N)CC(=O)O. The average Bonchev–Trinajstić information content (AvgIpc) is 2.30. The minimum Gasteiger partial charge on any atom is -0.481 e. The van der Waals surface area contributed by atoms with E-state index >= 15 is 0 Å². The van der Waals surface area contributed by atoms with Crippen molar-refractivity contribution >= 4 is 11.9 Å². The molecule has 0 bridgehead atoms. The van der Waals surface area contributed by atoms with E-state index in [4.69, 9.17) is 10.8 Å². The van der Waals surface area contributed by atoms with Crippen LogP contribution in [-0.2, 0) is 16.1 Å². The normalized spacial score (nSPS) is 11.9. The number of aliphatic carboxylic acids is 1. The smallest absolute Gasteiger partial charge is 0.305 e. The van der Waals surface area contributed by atoms with Gasteiger partial charge in [-0.15, -0.1) is 0 Å². The van der Waals surface area contributed by atoms with Gasteiger partial charge in [-0.1, -0.05) is 24.3 Å². The zero-order chi connectivity index (χ0) is 13.7. The van der Waals surface area contributed by atoms with Crippen LogP contribution in [0.4, 0.5) is 0 Å². The second-order valence-electron chi connectivity index (χ2n) is 4.33. The van der Waals surface area contributed by atoms with E-state index in [0.717, 1.165) is 11.1 Å². The molecule has 1 unspecified atom stereocenters. The number of carbonyl (C=O) groups is 2. The quantitative estimate of drug-likeness (QED) is 0.808. The zero-order valence-electron chi connectivity index (χ0n) is 10.6. The fourth-order valence-corrected chi connectivity index (χ4v) is 1.68. The van der Waals surface area contributed by atoms with E-state index < -0.39 is 12.0 Å². The van der Waals surface area contributed by atoms with Gasteiger partial charge in [-0.05, 0) is 18.1 Å². The number of likely N-dealkylation sites (N-methyl/N-ethyl adjacent to an activating group) is 1. The Morgan fingerprint density at radius 3 is 2.56 bits per heavy atom. The highest BCUT2D eigenvalue weighted by atomic mass is 16.4. The standard InChI is InChI=1S/C13H18N2O3/c1-9-5-3-4-6-10(9)8-15(2)13(18)11(14)7-12(16)17/h3-6,11H,7-8,14H2,1-2H3,(H,16,17). The second kappa shape index (κ2) is 6.16. The molecule has 0 aromatic heterocycles. The first-order valence-corrected chi connectivity index (χ1v) is 5.68. The molecule has 0 saturated heterocycles. The molecule has 0 radical (unpaired) electrons. The van der Waals surface area contributed by atoms with Gasteiger partial charge < -0.3 is 15.7 Å². The highest BCUT2D eigenvalue weighted by Crippen LogP contribution is 2.10. The second-order valence-corrected chi connectivity index (χ2v) is 4.33. The Hall–Kier alpha value is -1.88. The van der Waals surface area contributed by atoms with Crippen LogP contribution in [0.3, 0.4) is 0 Å². The molecule has 1 amide bonds. The van der Waals surface area contributed by atoms with Crippen molar-refractivity contribution in [3.05, 3.63) is 35.4 Å². The minimum absolute atomic E-state index is 0.350. The summed E-state index contributed by atoms with van der Waals surface area (Å²) in [6.45, 7) is 2.39. The van der Waals surface area contributed by atoms with Crippen LogP contribution in [0.15, 0.2) is 24.3 Å². The highest BCUT2D eigenvalue weighted by molar-refractivity contribution is 5.85. The molecule has 3 N–H and O–H groups in total. The maximum Gasteiger partial charge on any atom is 0.305 e. The van der Waals surface area contributed by atoms with E-state index in [1.54, 1.807) is 7.05 Å². The van der Waals surface area contributed by atoms with Crippen LogP contribution in [0.5, 0.6) is 0 Å². The predicted molar refractivity (Wildman–Crippen MR) is 67.9 cm³/mol. The largest absolute Gasteiger partial charge is 0.481 e. The molecule has 0 heterocycles. The van der Waals surface area contributed by atoms with Gasteiger partial charge in [0.05, 0.1) is 12.5 Å². The average molecular weight is 250 g/mol. The lowest BCUT2D eigenvalue weighted by atomic mass is 10.1. The van der Waals surface area contributed by atoms with E-state index in [-0.39, 0.29) is 12.3 Å². The summed E-state index contributed by atoms with van der Waals surface area (Å²) in [5, 5.41) is 8.60. The molecule has 0 aliphatic carbocycles. The van der Waals surface area contributed by atoms with E-state index in [9.17, 15) is 9.59 Å². The summed E-state index contributed by atoms with van der Waals surface area (Å²) >= 11 is 0. The third-order valence-electron chi connectivity index (χ3n) is 2.76. The van der Waals surface area contributed by atoms with Crippen molar-refractivity contribution in [2.24, 2.45) is 5.73 Å². The summed E-state index contributed by atoms with van der Waals surface area (Å²) < 4.78 is 0. The van der Waals surface area contributed by atoms with Crippen LogP contribution >= 0.6 is 0 Å². The van der Waals surface area contributed by atoms with Crippen molar-refractivity contribution < 1.29 is 14.7 Å². The molecular formula is C13H18N2O3. The van der Waals surface area contributed by atoms with Crippen LogP contribution in [0.25, 0.3) is 0 Å². The summed E-state index contributed by atoms with van der Waals surface area (Å²) in [7, 11) is 1.62. The molecule has 18 heavy (non-hydrogen) atoms. The summed E-state index contributed by atoms with van der Waals surface area (Å²) in [4.78, 5) is 23.8. The Kier molecular flexibility index (Phi) is 4.85. The van der Waals surface area contributed by atoms with E-state index in [1.807, 2.05) is 31.2 Å². The number of carbonyl (C=O) groups excluding carboxylic acids is 1. The topological polar surface area (TPSA) is 83.6 Å². The van der Waals surface area contributed by atoms with Gasteiger partial charge in [-0.2, -0.15) is 0 Å². The van der Waals surface area contributed by atoms with Crippen LogP contribution in [-0.4, -0.2) is 35.0 Å². The Morgan fingerprint density at radius 2 is 2.00 bits per heavy atom. The number of carboxylic acid groups (broad SMARTS) is 1. The summed E-state index contributed by atoms with van der Waals surface area (Å²) in [6.07, 6.45) is -0.350. The van der Waals surface area contributed by atoms with E-state index in [0.29, 0.717) is 6.54 Å². The number of aryl methyl sites for hydroxylation is 1. The molecule has 5 nitrogen and oxygen atoms in total. The third kappa shape index (κ3) is 3.85. The zero-order valence-corrected chi connectivity index (χ0v) is 10.6. The fourth-order valence-electron chi connectivity index (χ4n) is 1.68. The van der Waals surface area contributed by atoms with Crippen LogP contribution in [0.1, 0.15) is 17.5 Å². The summed E-state index contributed by atoms with van der Waals surface area (Å²) in [5.41, 5.74) is 7.65. The molecule has 5 heteroatoms. The number of carboxylic acids is 1. The van der Waals surface area contributed by atoms with Gasteiger partial charge in [0.25, 0.3) is 0 Å². The number of hydrogen-bond acceptors (Lipinski definition) is 3. The lowest BCUT2D eigenvalue weighted by molar-refractivity contribution is -0.141. The van der Waals surface area contributed by atoms with Gasteiger partial charge in [-0.25, -0.2) is 0 Å². The highest BCUT2D eigenvalue weighted by Gasteiger charge is 2.20. The first-order chi connectivity index (χ1) is 8.41. The summed E-state index contributed by atoms with van der Waals surface area (Å²) in [5.74, 6) is -1.43. The maximum absolute atomic E-state index is 11.8. The minimum atomic E-state index is -1.07. The predicted octanol–water partition coefficient (Wildman–Crippen LogP) is 0.755. The van der Waals surface area contributed by atoms with E-state index in [1.165, 1.54) is 4.90 Å². The molecule has 0 saturated carbocycles. The number of hydrogen-bond donors (Lipinski definition) is 2. The van der Waals surface area contributed by atoms with Gasteiger partial charge in [0.2, 0.25) is 5.91 Å². The molecule has 1 aromatic carbocycles. The maximum atomic E-state index is 11.8. The van der Waals surface area contributed by atoms with E-state index in [2.05, 4.69) is 0 Å². The van der Waals surface area contributed by atoms with Gasteiger partial charge in [0.1, 0.15) is 0 Å². The van der Waals surface area contributed by atoms with Crippen molar-refractivity contribution in [3.63, 3.8) is 0 Å². The Balaban J connectivity index is 2.65. The Labute approximate surface area is 106 Å². The molecule has 1 rings (SSSR count). The van der Waals surface area contributed by atoms with Gasteiger partial charge >= 0.3 is 5.97 Å². The Bertz CT molecular complexity index is 446. The van der Waals surface area contributed by atoms with Gasteiger partial charge in [0, 0.05) is 13.6 Å². The lowest BCUT2D eigenvalue weighted by Gasteiger charge is -2.21. The first-order valence-electron chi connectivity index (χ1n) is 5.68. The van der Waals surface area contributed by atoms with Crippen molar-refractivity contribution in [2.75, 3.05) is 7.05 Å². The van der Waals surface area contributed by atoms with Crippen molar-refractivity contribution in [2.45, 2.75) is 25.9 Å². The number of amides is 1. The first kappa shape index (κ1) is 14.2. The lowest BCUT2D eigenvalue weighted by Crippen LogP contribution is -2.42. The molecule has 0 spiro atoms. The van der Waals surface area contributed by atoms with Crippen molar-refractivity contribution in [1.29, 1.82) is 0 Å². The molecule has 98 valence electrons. The molecule has 0 aliphatic rings. The summed E-state index contributed by atoms with van der Waals surface area (Å²) in [6, 6.07) is 6.73. The molecule has 0 aliphatic heterocycles. The number of benzene rings is 1. The van der Waals surface area contributed by atoms with Crippen molar-refractivity contribution in [3.8, 4) is 0 Å². The number of nitrogens with zero attached hydrogens (tertiary/aromatic N) is 1. The monoisotopic (exact) mass is 250 g/mol. The van der Waals surface area contributed by atoms with Crippen LogP contribution in [0.2, 0.25) is 0 Å². The van der Waals surface area contributed by atoms with Crippen LogP contribution < -0.4 is 5.73 Å². The third-order valence-corrected chi connectivity index (χ3v) is 2.76. The molecular weight excluding hydrogens is 232 g/mol. The number of nitrogens with two attached hydrogens (primary N) is 1. The molecule has 0 fully saturated rings. The Morgan fingerprint density at radius 1 is 1.39 bits per heavy atom. The van der Waals surface area contributed by atoms with Crippen molar-refractivity contribution in [1.82, 2.24) is 4.90 Å². The van der Waals surface area contributed by atoms with Crippen LogP contribution in [0, 0.1) is 6.92 Å². The number of rotatable bonds is 5. The fraction of sp³-hybridized carbons (Fsp3) is 0.385.